The van der Waals surface area contributed by atoms with E-state index in [9.17, 15) is 4.79 Å². The maximum absolute atomic E-state index is 12.2. The molecule has 0 unspecified atom stereocenters. The first-order chi connectivity index (χ1) is 12.9. The summed E-state index contributed by atoms with van der Waals surface area (Å²) in [5.41, 5.74) is 4.51. The van der Waals surface area contributed by atoms with Gasteiger partial charge in [-0.15, -0.1) is 0 Å². The lowest BCUT2D eigenvalue weighted by atomic mass is 10.2. The summed E-state index contributed by atoms with van der Waals surface area (Å²) in [4.78, 5) is 14.4. The Labute approximate surface area is 177 Å². The van der Waals surface area contributed by atoms with Crippen molar-refractivity contribution in [3.8, 4) is 5.75 Å². The van der Waals surface area contributed by atoms with Gasteiger partial charge in [0, 0.05) is 34.2 Å². The molecule has 0 saturated carbocycles. The second-order valence-corrected chi connectivity index (χ2v) is 7.24. The minimum Gasteiger partial charge on any atom is -0.496 e. The molecule has 5 nitrogen and oxygen atoms in total. The summed E-state index contributed by atoms with van der Waals surface area (Å²) in [6.07, 6.45) is 1.53. The highest BCUT2D eigenvalue weighted by molar-refractivity contribution is 9.10. The highest BCUT2D eigenvalue weighted by Crippen LogP contribution is 2.33. The second kappa shape index (κ2) is 9.97. The average Bonchev–Trinajstić information content (AvgIpc) is 2.64. The molecule has 1 amide bonds. The second-order valence-electron chi connectivity index (χ2n) is 5.54. The van der Waals surface area contributed by atoms with E-state index in [0.29, 0.717) is 16.3 Å². The summed E-state index contributed by atoms with van der Waals surface area (Å²) in [5.74, 6) is 0.230. The molecule has 0 radical (unpaired) electrons. The van der Waals surface area contributed by atoms with Gasteiger partial charge in [-0.2, -0.15) is 5.10 Å². The Hall–Kier alpha value is -1.76. The number of nitrogens with zero attached hydrogens (tertiary/aromatic N) is 2. The average molecular weight is 473 g/mol. The number of amides is 1. The fourth-order valence-electron chi connectivity index (χ4n) is 2.54. The number of carbonyl (C=O) groups excluding carboxylic acids is 1. The SMILES string of the molecule is CCN(CC)c1cc(OC)c(/C=N\NC(=O)c2ccc(Cl)cc2Cl)cc1Br. The number of rotatable bonds is 7. The predicted molar refractivity (Wildman–Crippen MR) is 116 cm³/mol. The van der Waals surface area contributed by atoms with Gasteiger partial charge in [-0.05, 0) is 54.0 Å². The first-order valence-electron chi connectivity index (χ1n) is 8.32. The lowest BCUT2D eigenvalue weighted by Gasteiger charge is -2.23. The molecule has 27 heavy (non-hydrogen) atoms. The first kappa shape index (κ1) is 21.5. The Morgan fingerprint density at radius 2 is 1.96 bits per heavy atom. The van der Waals surface area contributed by atoms with Crippen LogP contribution in [0.25, 0.3) is 0 Å². The van der Waals surface area contributed by atoms with Crippen molar-refractivity contribution < 1.29 is 9.53 Å². The fraction of sp³-hybridized carbons (Fsp3) is 0.263. The van der Waals surface area contributed by atoms with Crippen LogP contribution >= 0.6 is 39.1 Å². The van der Waals surface area contributed by atoms with Crippen LogP contribution in [0.4, 0.5) is 5.69 Å². The standard InChI is InChI=1S/C19H20BrCl2N3O2/c1-4-25(5-2)17-10-18(27-3)12(8-15(17)20)11-23-24-19(26)14-7-6-13(21)9-16(14)22/h6-11H,4-5H2,1-3H3,(H,24,26)/b23-11-. The van der Waals surface area contributed by atoms with Crippen molar-refractivity contribution in [1.82, 2.24) is 5.43 Å². The number of anilines is 1. The quantitative estimate of drug-likeness (QED) is 0.435. The molecule has 2 aromatic rings. The summed E-state index contributed by atoms with van der Waals surface area (Å²) in [5, 5.41) is 4.74. The number of ether oxygens (including phenoxy) is 1. The van der Waals surface area contributed by atoms with Gasteiger partial charge in [0.05, 0.1) is 29.6 Å². The molecule has 0 atom stereocenters. The summed E-state index contributed by atoms with van der Waals surface area (Å²) in [6.45, 7) is 5.94. The molecule has 0 bridgehead atoms. The highest BCUT2D eigenvalue weighted by Gasteiger charge is 2.13. The smallest absolute Gasteiger partial charge is 0.272 e. The van der Waals surface area contributed by atoms with E-state index in [-0.39, 0.29) is 5.02 Å². The van der Waals surface area contributed by atoms with Crippen LogP contribution < -0.4 is 15.1 Å². The minimum atomic E-state index is -0.425. The predicted octanol–water partition coefficient (Wildman–Crippen LogP) is 5.37. The third-order valence-electron chi connectivity index (χ3n) is 3.95. The number of nitrogens with one attached hydrogen (secondary N) is 1. The van der Waals surface area contributed by atoms with Crippen LogP contribution in [0.15, 0.2) is 39.9 Å². The van der Waals surface area contributed by atoms with E-state index in [1.165, 1.54) is 12.3 Å². The van der Waals surface area contributed by atoms with Gasteiger partial charge in [-0.3, -0.25) is 4.79 Å². The van der Waals surface area contributed by atoms with Crippen molar-refractivity contribution in [2.75, 3.05) is 25.1 Å². The van der Waals surface area contributed by atoms with Crippen LogP contribution in [0.1, 0.15) is 29.8 Å². The summed E-state index contributed by atoms with van der Waals surface area (Å²) < 4.78 is 6.38. The van der Waals surface area contributed by atoms with E-state index in [1.54, 1.807) is 19.2 Å². The number of methoxy groups -OCH3 is 1. The third-order valence-corrected chi connectivity index (χ3v) is 5.13. The van der Waals surface area contributed by atoms with Crippen LogP contribution in [0, 0.1) is 0 Å². The topological polar surface area (TPSA) is 53.9 Å². The molecule has 8 heteroatoms. The molecule has 0 aromatic heterocycles. The number of hydrogen-bond donors (Lipinski definition) is 1. The van der Waals surface area contributed by atoms with Gasteiger partial charge in [-0.1, -0.05) is 23.2 Å². The Bertz CT molecular complexity index is 855. The van der Waals surface area contributed by atoms with Gasteiger partial charge < -0.3 is 9.64 Å². The molecule has 0 aliphatic carbocycles. The Morgan fingerprint density at radius 3 is 2.56 bits per heavy atom. The molecule has 2 aromatic carbocycles. The van der Waals surface area contributed by atoms with Gasteiger partial charge in [0.2, 0.25) is 0 Å². The van der Waals surface area contributed by atoms with Gasteiger partial charge in [0.1, 0.15) is 5.75 Å². The van der Waals surface area contributed by atoms with Crippen molar-refractivity contribution in [2.24, 2.45) is 5.10 Å². The summed E-state index contributed by atoms with van der Waals surface area (Å²) in [7, 11) is 1.60. The Balaban J connectivity index is 2.21. The summed E-state index contributed by atoms with van der Waals surface area (Å²) in [6, 6.07) is 8.49. The molecular formula is C19H20BrCl2N3O2. The van der Waals surface area contributed by atoms with E-state index in [1.807, 2.05) is 12.1 Å². The zero-order valence-corrected chi connectivity index (χ0v) is 18.3. The van der Waals surface area contributed by atoms with Crippen LogP contribution in [0.5, 0.6) is 5.75 Å². The van der Waals surface area contributed by atoms with Crippen molar-refractivity contribution in [3.63, 3.8) is 0 Å². The molecule has 144 valence electrons. The summed E-state index contributed by atoms with van der Waals surface area (Å²) >= 11 is 15.5. The zero-order chi connectivity index (χ0) is 20.0. The lowest BCUT2D eigenvalue weighted by molar-refractivity contribution is 0.0955. The molecular weight excluding hydrogens is 453 g/mol. The van der Waals surface area contributed by atoms with E-state index in [4.69, 9.17) is 27.9 Å². The van der Waals surface area contributed by atoms with Crippen molar-refractivity contribution in [3.05, 3.63) is 56.0 Å². The number of halogens is 3. The van der Waals surface area contributed by atoms with E-state index in [2.05, 4.69) is 45.2 Å². The molecule has 2 rings (SSSR count). The molecule has 0 aliphatic rings. The number of carbonyl (C=O) groups is 1. The number of hydrazone groups is 1. The van der Waals surface area contributed by atoms with Crippen LogP contribution in [0.2, 0.25) is 10.0 Å². The van der Waals surface area contributed by atoms with Crippen molar-refractivity contribution >= 4 is 56.9 Å². The van der Waals surface area contributed by atoms with Crippen LogP contribution in [-0.4, -0.2) is 32.3 Å². The molecule has 0 saturated heterocycles. The normalized spacial score (nSPS) is 10.9. The third kappa shape index (κ3) is 5.37. The van der Waals surface area contributed by atoms with Gasteiger partial charge in [0.25, 0.3) is 5.91 Å². The molecule has 0 heterocycles. The molecule has 0 aliphatic heterocycles. The largest absolute Gasteiger partial charge is 0.496 e. The molecule has 0 fully saturated rings. The highest BCUT2D eigenvalue weighted by atomic mass is 79.9. The van der Waals surface area contributed by atoms with Crippen molar-refractivity contribution in [2.45, 2.75) is 13.8 Å². The number of hydrogen-bond acceptors (Lipinski definition) is 4. The van der Waals surface area contributed by atoms with Gasteiger partial charge >= 0.3 is 0 Å². The van der Waals surface area contributed by atoms with Crippen LogP contribution in [-0.2, 0) is 0 Å². The first-order valence-corrected chi connectivity index (χ1v) is 9.87. The number of benzene rings is 2. The maximum atomic E-state index is 12.2. The Kier molecular flexibility index (Phi) is 7.95. The van der Waals surface area contributed by atoms with Crippen molar-refractivity contribution in [1.29, 1.82) is 0 Å². The van der Waals surface area contributed by atoms with Gasteiger partial charge in [-0.25, -0.2) is 5.43 Å². The van der Waals surface area contributed by atoms with E-state index in [0.717, 1.165) is 28.8 Å². The lowest BCUT2D eigenvalue weighted by Crippen LogP contribution is -2.22. The molecule has 1 N–H and O–H groups in total. The fourth-order valence-corrected chi connectivity index (χ4v) is 3.64. The monoisotopic (exact) mass is 471 g/mol. The van der Waals surface area contributed by atoms with Gasteiger partial charge in [0.15, 0.2) is 0 Å². The maximum Gasteiger partial charge on any atom is 0.272 e. The van der Waals surface area contributed by atoms with E-state index >= 15 is 0 Å². The molecule has 0 spiro atoms. The van der Waals surface area contributed by atoms with E-state index < -0.39 is 5.91 Å². The zero-order valence-electron chi connectivity index (χ0n) is 15.2. The Morgan fingerprint density at radius 1 is 1.26 bits per heavy atom. The van der Waals surface area contributed by atoms with Crippen LogP contribution in [0.3, 0.4) is 0 Å². The minimum absolute atomic E-state index is 0.263.